The minimum Gasteiger partial charge on any atom is -0.493 e. The van der Waals surface area contributed by atoms with Crippen molar-refractivity contribution in [2.75, 3.05) is 18.0 Å². The molecule has 8 nitrogen and oxygen atoms in total. The molecule has 1 saturated carbocycles. The third-order valence-corrected chi connectivity index (χ3v) is 8.10. The van der Waals surface area contributed by atoms with E-state index in [9.17, 15) is 0 Å². The molecule has 1 aromatic heterocycles. The summed E-state index contributed by atoms with van der Waals surface area (Å²) in [7, 11) is 0. The van der Waals surface area contributed by atoms with E-state index in [0.29, 0.717) is 29.4 Å². The molecular weight excluding hydrogens is 512 g/mol. The van der Waals surface area contributed by atoms with Gasteiger partial charge in [-0.1, -0.05) is 67.8 Å². The standard InChI is InChI=1S/C33H42N6O2/c1-24(38-40)29-22-36-33(37-23-29)39-18-16-30(17-19-39)34-20-26-12-14-27(15-13-26)21-35-32(28-8-4-3-5-9-28)25(2)41-31-10-6-7-11-31/h3-5,8-9,12-15,22-23,30-32,34-35,38,40H,1-2,6-7,10-11,16-21H2/t32-/m1/s1. The lowest BCUT2D eigenvalue weighted by molar-refractivity contribution is 0.105. The van der Waals surface area contributed by atoms with Crippen LogP contribution < -0.4 is 21.0 Å². The number of rotatable bonds is 13. The Balaban J connectivity index is 1.08. The van der Waals surface area contributed by atoms with E-state index in [1.54, 1.807) is 12.4 Å². The van der Waals surface area contributed by atoms with Crippen LogP contribution in [-0.4, -0.2) is 40.4 Å². The lowest BCUT2D eigenvalue weighted by Crippen LogP contribution is -2.42. The minimum atomic E-state index is -0.0376. The predicted octanol–water partition coefficient (Wildman–Crippen LogP) is 5.49. The highest BCUT2D eigenvalue weighted by molar-refractivity contribution is 5.59. The number of nitrogens with one attached hydrogen (secondary N) is 3. The van der Waals surface area contributed by atoms with Crippen LogP contribution in [0.15, 0.2) is 85.9 Å². The molecule has 216 valence electrons. The van der Waals surface area contributed by atoms with Crippen molar-refractivity contribution in [2.45, 2.75) is 69.8 Å². The number of ether oxygens (including phenoxy) is 1. The fraction of sp³-hybridized carbons (Fsp3) is 0.394. The summed E-state index contributed by atoms with van der Waals surface area (Å²) in [6.07, 6.45) is 10.5. The molecule has 5 rings (SSSR count). The molecule has 1 atom stereocenters. The van der Waals surface area contributed by atoms with Crippen LogP contribution in [-0.2, 0) is 17.8 Å². The number of benzene rings is 2. The number of piperidine rings is 1. The van der Waals surface area contributed by atoms with Gasteiger partial charge in [-0.05, 0) is 55.2 Å². The molecule has 2 heterocycles. The highest BCUT2D eigenvalue weighted by atomic mass is 16.5. The normalized spacial score (nSPS) is 16.9. The summed E-state index contributed by atoms with van der Waals surface area (Å²) >= 11 is 0. The first-order valence-electron chi connectivity index (χ1n) is 14.7. The van der Waals surface area contributed by atoms with Gasteiger partial charge in [-0.2, -0.15) is 0 Å². The van der Waals surface area contributed by atoms with Crippen LogP contribution in [0.2, 0.25) is 0 Å². The zero-order valence-corrected chi connectivity index (χ0v) is 23.8. The summed E-state index contributed by atoms with van der Waals surface area (Å²) in [6.45, 7) is 11.4. The predicted molar refractivity (Wildman–Crippen MR) is 163 cm³/mol. The van der Waals surface area contributed by atoms with E-state index in [1.165, 1.54) is 29.5 Å². The molecule has 2 fully saturated rings. The van der Waals surface area contributed by atoms with Crippen molar-refractivity contribution in [3.63, 3.8) is 0 Å². The van der Waals surface area contributed by atoms with Crippen molar-refractivity contribution in [3.8, 4) is 0 Å². The number of hydrogen-bond acceptors (Lipinski definition) is 8. The van der Waals surface area contributed by atoms with Crippen LogP contribution in [0.3, 0.4) is 0 Å². The average molecular weight is 555 g/mol. The van der Waals surface area contributed by atoms with Gasteiger partial charge in [0.05, 0.1) is 17.8 Å². The third kappa shape index (κ3) is 7.94. The van der Waals surface area contributed by atoms with Gasteiger partial charge in [0.2, 0.25) is 5.95 Å². The average Bonchev–Trinajstić information content (AvgIpc) is 3.54. The van der Waals surface area contributed by atoms with E-state index in [1.807, 2.05) is 11.5 Å². The van der Waals surface area contributed by atoms with Crippen molar-refractivity contribution < 1.29 is 9.94 Å². The van der Waals surface area contributed by atoms with Crippen LogP contribution in [0.25, 0.3) is 5.70 Å². The summed E-state index contributed by atoms with van der Waals surface area (Å²) in [5, 5.41) is 16.4. The third-order valence-electron chi connectivity index (χ3n) is 8.10. The zero-order valence-electron chi connectivity index (χ0n) is 23.8. The minimum absolute atomic E-state index is 0.0376. The number of anilines is 1. The largest absolute Gasteiger partial charge is 0.493 e. The Hall–Kier alpha value is -3.72. The number of hydrogen-bond donors (Lipinski definition) is 4. The summed E-state index contributed by atoms with van der Waals surface area (Å²) in [5.41, 5.74) is 6.79. The van der Waals surface area contributed by atoms with E-state index in [-0.39, 0.29) is 6.04 Å². The molecule has 4 N–H and O–H groups in total. The molecule has 0 amide bonds. The van der Waals surface area contributed by atoms with Crippen molar-refractivity contribution >= 4 is 11.6 Å². The molecule has 2 aliphatic rings. The highest BCUT2D eigenvalue weighted by Crippen LogP contribution is 2.29. The van der Waals surface area contributed by atoms with Gasteiger partial charge in [-0.25, -0.2) is 9.97 Å². The molecule has 3 aromatic rings. The van der Waals surface area contributed by atoms with E-state index in [0.717, 1.165) is 57.6 Å². The second-order valence-corrected chi connectivity index (χ2v) is 11.0. The molecule has 1 saturated heterocycles. The first kappa shape index (κ1) is 28.8. The Labute approximate surface area is 243 Å². The topological polar surface area (TPSA) is 94.6 Å². The first-order valence-corrected chi connectivity index (χ1v) is 14.7. The Morgan fingerprint density at radius 3 is 2.17 bits per heavy atom. The lowest BCUT2D eigenvalue weighted by atomic mass is 10.0. The monoisotopic (exact) mass is 554 g/mol. The molecule has 41 heavy (non-hydrogen) atoms. The fourth-order valence-electron chi connectivity index (χ4n) is 5.60. The van der Waals surface area contributed by atoms with Crippen LogP contribution in [0.4, 0.5) is 5.95 Å². The maximum atomic E-state index is 8.99. The van der Waals surface area contributed by atoms with Gasteiger partial charge in [0, 0.05) is 50.2 Å². The number of nitrogens with zero attached hydrogens (tertiary/aromatic N) is 3. The lowest BCUT2D eigenvalue weighted by Gasteiger charge is -2.32. The molecular formula is C33H42N6O2. The Morgan fingerprint density at radius 1 is 0.902 bits per heavy atom. The maximum Gasteiger partial charge on any atom is 0.225 e. The van der Waals surface area contributed by atoms with Crippen molar-refractivity contribution in [1.82, 2.24) is 26.1 Å². The quantitative estimate of drug-likeness (QED) is 0.163. The van der Waals surface area contributed by atoms with Gasteiger partial charge in [0.25, 0.3) is 0 Å². The molecule has 0 unspecified atom stereocenters. The molecule has 0 radical (unpaired) electrons. The molecule has 2 aromatic carbocycles. The van der Waals surface area contributed by atoms with Gasteiger partial charge in [0.1, 0.15) is 5.76 Å². The molecule has 8 heteroatoms. The molecule has 1 aliphatic carbocycles. The zero-order chi connectivity index (χ0) is 28.4. The van der Waals surface area contributed by atoms with E-state index in [2.05, 4.69) is 87.2 Å². The maximum absolute atomic E-state index is 8.99. The van der Waals surface area contributed by atoms with Crippen molar-refractivity contribution in [3.05, 3.63) is 108 Å². The summed E-state index contributed by atoms with van der Waals surface area (Å²) < 4.78 is 6.29. The van der Waals surface area contributed by atoms with Gasteiger partial charge < -0.3 is 15.0 Å². The second kappa shape index (κ2) is 14.3. The van der Waals surface area contributed by atoms with Crippen LogP contribution >= 0.6 is 0 Å². The van der Waals surface area contributed by atoms with E-state index in [4.69, 9.17) is 9.94 Å². The number of hydroxylamine groups is 1. The van der Waals surface area contributed by atoms with Gasteiger partial charge in [-0.15, -0.1) is 0 Å². The SMILES string of the molecule is C=C(NO)c1cnc(N2CCC(NCc3ccc(CN[C@H](C(=C)OC4CCCC4)c4ccccc4)cc3)CC2)nc1. The van der Waals surface area contributed by atoms with E-state index < -0.39 is 0 Å². The fourth-order valence-corrected chi connectivity index (χ4v) is 5.60. The van der Waals surface area contributed by atoms with Crippen molar-refractivity contribution in [2.24, 2.45) is 0 Å². The molecule has 0 bridgehead atoms. The van der Waals surface area contributed by atoms with Gasteiger partial charge in [0.15, 0.2) is 0 Å². The summed E-state index contributed by atoms with van der Waals surface area (Å²) in [6, 6.07) is 19.7. The van der Waals surface area contributed by atoms with Crippen LogP contribution in [0.5, 0.6) is 0 Å². The number of aromatic nitrogens is 2. The smallest absolute Gasteiger partial charge is 0.225 e. The van der Waals surface area contributed by atoms with E-state index >= 15 is 0 Å². The Kier molecular flexibility index (Phi) is 10.0. The van der Waals surface area contributed by atoms with Crippen LogP contribution in [0, 0.1) is 0 Å². The first-order chi connectivity index (χ1) is 20.1. The summed E-state index contributed by atoms with van der Waals surface area (Å²) in [4.78, 5) is 11.1. The Bertz CT molecular complexity index is 1250. The van der Waals surface area contributed by atoms with Crippen LogP contribution in [0.1, 0.15) is 66.8 Å². The van der Waals surface area contributed by atoms with Gasteiger partial charge in [-0.3, -0.25) is 16.0 Å². The Morgan fingerprint density at radius 2 is 1.54 bits per heavy atom. The second-order valence-electron chi connectivity index (χ2n) is 11.0. The van der Waals surface area contributed by atoms with Crippen molar-refractivity contribution in [1.29, 1.82) is 0 Å². The highest BCUT2D eigenvalue weighted by Gasteiger charge is 2.23. The van der Waals surface area contributed by atoms with Gasteiger partial charge >= 0.3 is 0 Å². The molecule has 0 spiro atoms. The summed E-state index contributed by atoms with van der Waals surface area (Å²) in [5.74, 6) is 1.52. The molecule has 1 aliphatic heterocycles.